The molecule has 0 radical (unpaired) electrons. The van der Waals surface area contributed by atoms with Crippen LogP contribution < -0.4 is 5.73 Å². The molecule has 0 atom stereocenters. The van der Waals surface area contributed by atoms with Crippen LogP contribution in [0.5, 0.6) is 0 Å². The maximum absolute atomic E-state index is 5.67. The normalized spacial score (nSPS) is 11.7. The van der Waals surface area contributed by atoms with Gasteiger partial charge in [0.2, 0.25) is 4.97 Å². The van der Waals surface area contributed by atoms with Crippen molar-refractivity contribution in [1.82, 2.24) is 9.97 Å². The minimum absolute atomic E-state index is 0.130. The second-order valence-corrected chi connectivity index (χ2v) is 10.4. The molecule has 1 heterocycles. The molecule has 1 aromatic heterocycles. The largest absolute Gasteiger partial charge is 0.383 e. The van der Waals surface area contributed by atoms with Crippen molar-refractivity contribution in [3.8, 4) is 0 Å². The van der Waals surface area contributed by atoms with Crippen LogP contribution in [-0.2, 0) is 22.9 Å². The summed E-state index contributed by atoms with van der Waals surface area (Å²) in [7, 11) is 0. The van der Waals surface area contributed by atoms with E-state index < -0.39 is 4.97 Å². The van der Waals surface area contributed by atoms with Crippen LogP contribution in [0, 0.1) is 0 Å². The number of thioether (sulfide) groups is 1. The monoisotopic (exact) mass is 303 g/mol. The zero-order valence-corrected chi connectivity index (χ0v) is 11.7. The predicted octanol–water partition coefficient (Wildman–Crippen LogP) is 3.00. The second kappa shape index (κ2) is 5.66. The topological polar surface area (TPSA) is 61.0 Å². The van der Waals surface area contributed by atoms with E-state index in [4.69, 9.17) is 44.5 Å². The maximum Gasteiger partial charge on any atom is 0.240 e. The molecule has 1 rings (SSSR count). The predicted molar refractivity (Wildman–Crippen MR) is 69.0 cm³/mol. The van der Waals surface area contributed by atoms with E-state index in [2.05, 4.69) is 9.97 Å². The van der Waals surface area contributed by atoms with Gasteiger partial charge in [0.25, 0.3) is 0 Å². The molecule has 0 aromatic carbocycles. The minimum Gasteiger partial charge on any atom is -0.383 e. The summed E-state index contributed by atoms with van der Waals surface area (Å²) in [4.78, 5) is 5.37. The number of hydrogen-bond acceptors (Lipinski definition) is 6. The van der Waals surface area contributed by atoms with Crippen LogP contribution in [0.2, 0.25) is 0 Å². The lowest BCUT2D eigenvalue weighted by atomic mass is 10.3. The molecule has 2 N–H and O–H groups in total. The first-order valence-electron chi connectivity index (χ1n) is 3.71. The lowest BCUT2D eigenvalue weighted by molar-refractivity contribution is 0.353. The Kier molecular flexibility index (Phi) is 5.09. The van der Waals surface area contributed by atoms with Crippen molar-refractivity contribution in [1.29, 1.82) is 0 Å². The lowest BCUT2D eigenvalue weighted by Crippen LogP contribution is -2.01. The van der Waals surface area contributed by atoms with Crippen molar-refractivity contribution in [2.24, 2.45) is 0 Å². The van der Waals surface area contributed by atoms with Crippen molar-refractivity contribution in [3.63, 3.8) is 0 Å². The fraction of sp³-hybridized carbons (Fsp3) is 0.333. The Balaban J connectivity index is 2.74. The molecule has 9 heteroatoms. The molecular formula is C6H8Cl2N3OPS2. The van der Waals surface area contributed by atoms with E-state index >= 15 is 0 Å². The molecule has 84 valence electrons. The second-order valence-electron chi connectivity index (χ2n) is 2.46. The van der Waals surface area contributed by atoms with E-state index in [1.807, 2.05) is 6.26 Å². The number of nitrogen functional groups attached to an aromatic ring is 1. The molecule has 0 spiro atoms. The zero-order valence-electron chi connectivity index (χ0n) is 7.68. The van der Waals surface area contributed by atoms with Gasteiger partial charge < -0.3 is 10.3 Å². The van der Waals surface area contributed by atoms with E-state index in [1.54, 1.807) is 6.20 Å². The number of halogens is 2. The van der Waals surface area contributed by atoms with Crippen LogP contribution in [0.25, 0.3) is 0 Å². The summed E-state index contributed by atoms with van der Waals surface area (Å²) < 4.78 is 5.06. The molecule has 15 heavy (non-hydrogen) atoms. The van der Waals surface area contributed by atoms with Gasteiger partial charge in [0.1, 0.15) is 5.82 Å². The third kappa shape index (κ3) is 4.85. The summed E-state index contributed by atoms with van der Waals surface area (Å²) in [5.74, 6) is 0.353. The zero-order chi connectivity index (χ0) is 11.5. The molecule has 1 aromatic rings. The SMILES string of the molecule is CSc1ncc(COP(=S)(Cl)Cl)c(N)n1. The van der Waals surface area contributed by atoms with Gasteiger partial charge in [-0.3, -0.25) is 0 Å². The van der Waals surface area contributed by atoms with E-state index in [-0.39, 0.29) is 6.61 Å². The Morgan fingerprint density at radius 2 is 2.33 bits per heavy atom. The van der Waals surface area contributed by atoms with Gasteiger partial charge in [0, 0.05) is 11.8 Å². The van der Waals surface area contributed by atoms with Crippen molar-refractivity contribution in [2.75, 3.05) is 12.0 Å². The van der Waals surface area contributed by atoms with E-state index in [1.165, 1.54) is 11.8 Å². The van der Waals surface area contributed by atoms with Crippen LogP contribution in [0.1, 0.15) is 5.56 Å². The summed E-state index contributed by atoms with van der Waals surface area (Å²) in [5, 5.41) is 0.604. The molecule has 0 unspecified atom stereocenters. The Bertz CT molecular complexity index is 400. The van der Waals surface area contributed by atoms with Crippen LogP contribution in [0.4, 0.5) is 5.82 Å². The summed E-state index contributed by atoms with van der Waals surface area (Å²) in [6, 6.07) is 0. The first-order chi connectivity index (χ1) is 6.92. The molecular weight excluding hydrogens is 296 g/mol. The molecule has 0 aliphatic rings. The van der Waals surface area contributed by atoms with Gasteiger partial charge in [-0.25, -0.2) is 9.97 Å². The average Bonchev–Trinajstić information content (AvgIpc) is 2.14. The summed E-state index contributed by atoms with van der Waals surface area (Å²) in [6.07, 6.45) is 3.44. The number of anilines is 1. The molecule has 0 saturated carbocycles. The van der Waals surface area contributed by atoms with Crippen molar-refractivity contribution in [2.45, 2.75) is 11.8 Å². The molecule has 0 aliphatic carbocycles. The number of nitrogens with two attached hydrogens (primary N) is 1. The summed E-state index contributed by atoms with van der Waals surface area (Å²) >= 11 is 17.3. The van der Waals surface area contributed by atoms with Crippen molar-refractivity contribution in [3.05, 3.63) is 11.8 Å². The van der Waals surface area contributed by atoms with Crippen LogP contribution >= 0.6 is 39.2 Å². The number of nitrogens with zero attached hydrogens (tertiary/aromatic N) is 2. The Morgan fingerprint density at radius 3 is 2.80 bits per heavy atom. The fourth-order valence-electron chi connectivity index (χ4n) is 0.757. The van der Waals surface area contributed by atoms with Gasteiger partial charge in [-0.05, 0) is 40.5 Å². The Labute approximate surface area is 107 Å². The first-order valence-corrected chi connectivity index (χ1v) is 9.47. The highest BCUT2D eigenvalue weighted by molar-refractivity contribution is 8.36. The molecule has 4 nitrogen and oxygen atoms in total. The maximum atomic E-state index is 5.67. The minimum atomic E-state index is -2.71. The third-order valence-corrected chi connectivity index (χ3v) is 3.32. The molecule has 0 fully saturated rings. The van der Waals surface area contributed by atoms with Gasteiger partial charge in [-0.2, -0.15) is 0 Å². The van der Waals surface area contributed by atoms with Crippen LogP contribution in [-0.4, -0.2) is 16.2 Å². The van der Waals surface area contributed by atoms with Gasteiger partial charge in [0.15, 0.2) is 5.16 Å². The lowest BCUT2D eigenvalue weighted by Gasteiger charge is -2.08. The summed E-state index contributed by atoms with van der Waals surface area (Å²) in [5.41, 5.74) is 6.30. The highest BCUT2D eigenvalue weighted by atomic mass is 35.9. The number of rotatable bonds is 4. The Morgan fingerprint density at radius 1 is 1.67 bits per heavy atom. The smallest absolute Gasteiger partial charge is 0.240 e. The third-order valence-electron chi connectivity index (χ3n) is 1.43. The number of hydrogen-bond donors (Lipinski definition) is 1. The van der Waals surface area contributed by atoms with Gasteiger partial charge >= 0.3 is 0 Å². The van der Waals surface area contributed by atoms with E-state index in [0.717, 1.165) is 0 Å². The van der Waals surface area contributed by atoms with Crippen molar-refractivity contribution >= 4 is 56.8 Å². The van der Waals surface area contributed by atoms with Crippen molar-refractivity contribution < 1.29 is 4.52 Å². The highest BCUT2D eigenvalue weighted by Gasteiger charge is 2.11. The molecule has 0 saturated heterocycles. The Hall–Kier alpha value is 0.420. The van der Waals surface area contributed by atoms with E-state index in [9.17, 15) is 0 Å². The quantitative estimate of drug-likeness (QED) is 0.524. The highest BCUT2D eigenvalue weighted by Crippen LogP contribution is 2.58. The number of aromatic nitrogens is 2. The van der Waals surface area contributed by atoms with Gasteiger partial charge in [-0.15, -0.1) is 0 Å². The first kappa shape index (κ1) is 13.5. The standard InChI is InChI=1S/C6H8Cl2N3OPS2/c1-15-6-10-2-4(5(9)11-6)3-12-13(7,8)14/h2H,3H2,1H3,(H2,9,10,11). The van der Waals surface area contributed by atoms with E-state index in [0.29, 0.717) is 16.5 Å². The average molecular weight is 304 g/mol. The summed E-state index contributed by atoms with van der Waals surface area (Å²) in [6.45, 7) is 0.130. The fourth-order valence-corrected chi connectivity index (χ4v) is 1.85. The van der Waals surface area contributed by atoms with Crippen LogP contribution in [0.15, 0.2) is 11.4 Å². The molecule has 0 bridgehead atoms. The van der Waals surface area contributed by atoms with Gasteiger partial charge in [0.05, 0.1) is 6.61 Å². The van der Waals surface area contributed by atoms with Gasteiger partial charge in [-0.1, -0.05) is 11.8 Å². The molecule has 0 aliphatic heterocycles. The molecule has 0 amide bonds. The van der Waals surface area contributed by atoms with Crippen LogP contribution in [0.3, 0.4) is 0 Å².